The molecule has 1 rings (SSSR count). The highest BCUT2D eigenvalue weighted by molar-refractivity contribution is 14.0. The number of guanidine groups is 1. The number of nitrogens with one attached hydrogen (secondary N) is 2. The molecule has 0 aromatic carbocycles. The Labute approximate surface area is 184 Å². The first kappa shape index (κ1) is 26.9. The van der Waals surface area contributed by atoms with Crippen molar-refractivity contribution < 1.29 is 5.11 Å². The Morgan fingerprint density at radius 3 is 2.33 bits per heavy atom. The average molecular weight is 498 g/mol. The maximum absolute atomic E-state index is 9.29. The van der Waals surface area contributed by atoms with Gasteiger partial charge in [-0.25, -0.2) is 0 Å². The molecule has 0 aromatic rings. The zero-order valence-electron chi connectivity index (χ0n) is 18.2. The number of hydrogen-bond donors (Lipinski definition) is 3. The van der Waals surface area contributed by atoms with Crippen molar-refractivity contribution in [3.05, 3.63) is 0 Å². The number of hydrogen-bond acceptors (Lipinski definition) is 4. The highest BCUT2D eigenvalue weighted by Crippen LogP contribution is 2.14. The fraction of sp³-hybridized carbons (Fsp3) is 0.950. The molecule has 7 heteroatoms. The maximum atomic E-state index is 9.29. The third-order valence-electron chi connectivity index (χ3n) is 4.97. The Balaban J connectivity index is 0.00000676. The zero-order chi connectivity index (χ0) is 19.4. The summed E-state index contributed by atoms with van der Waals surface area (Å²) in [4.78, 5) is 9.75. The van der Waals surface area contributed by atoms with Crippen LogP contribution in [-0.2, 0) is 0 Å². The van der Waals surface area contributed by atoms with Crippen LogP contribution in [0, 0.1) is 17.8 Å². The van der Waals surface area contributed by atoms with E-state index in [2.05, 4.69) is 55.2 Å². The van der Waals surface area contributed by atoms with Crippen molar-refractivity contribution >= 4 is 29.9 Å². The molecule has 2 atom stereocenters. The van der Waals surface area contributed by atoms with Crippen LogP contribution in [0.4, 0.5) is 0 Å². The molecule has 0 aliphatic carbocycles. The van der Waals surface area contributed by atoms with Crippen molar-refractivity contribution in [2.24, 2.45) is 22.7 Å². The van der Waals surface area contributed by atoms with Gasteiger partial charge in [0.15, 0.2) is 5.96 Å². The number of piperazine rings is 1. The minimum Gasteiger partial charge on any atom is -0.396 e. The molecule has 0 saturated carbocycles. The lowest BCUT2D eigenvalue weighted by molar-refractivity contribution is 0.140. The van der Waals surface area contributed by atoms with Gasteiger partial charge in [0.25, 0.3) is 0 Å². The predicted molar refractivity (Wildman–Crippen MR) is 127 cm³/mol. The van der Waals surface area contributed by atoms with Crippen LogP contribution in [0.15, 0.2) is 4.99 Å². The number of nitrogens with zero attached hydrogens (tertiary/aromatic N) is 3. The van der Waals surface area contributed by atoms with Gasteiger partial charge in [0.05, 0.1) is 0 Å². The van der Waals surface area contributed by atoms with Crippen LogP contribution in [0.1, 0.15) is 40.5 Å². The van der Waals surface area contributed by atoms with Crippen molar-refractivity contribution in [3.63, 3.8) is 0 Å². The second-order valence-electron chi connectivity index (χ2n) is 8.32. The zero-order valence-corrected chi connectivity index (χ0v) is 20.5. The summed E-state index contributed by atoms with van der Waals surface area (Å²) in [7, 11) is 2.20. The van der Waals surface area contributed by atoms with Crippen molar-refractivity contribution in [2.45, 2.75) is 40.5 Å². The second-order valence-corrected chi connectivity index (χ2v) is 8.32. The highest BCUT2D eigenvalue weighted by atomic mass is 127. The van der Waals surface area contributed by atoms with Crippen LogP contribution in [0.2, 0.25) is 0 Å². The molecule has 162 valence electrons. The third-order valence-corrected chi connectivity index (χ3v) is 4.97. The fourth-order valence-corrected chi connectivity index (χ4v) is 3.51. The lowest BCUT2D eigenvalue weighted by Crippen LogP contribution is -2.46. The smallest absolute Gasteiger partial charge is 0.191 e. The molecule has 27 heavy (non-hydrogen) atoms. The standard InChI is InChI=1S/C20H43N5O.HI/c1-6-21-20(23-15-19(7-12-26)13-17(2)3)22-14-18(4)16-25-10-8-24(5)9-11-25;/h17-19,26H,6-16H2,1-5H3,(H2,21,22,23);1H. The molecule has 1 fully saturated rings. The van der Waals surface area contributed by atoms with Crippen molar-refractivity contribution in [2.75, 3.05) is 66.0 Å². The topological polar surface area (TPSA) is 63.1 Å². The van der Waals surface area contributed by atoms with Gasteiger partial charge >= 0.3 is 0 Å². The van der Waals surface area contributed by atoms with Crippen LogP contribution in [0.25, 0.3) is 0 Å². The molecule has 3 N–H and O–H groups in total. The van der Waals surface area contributed by atoms with Crippen molar-refractivity contribution in [3.8, 4) is 0 Å². The lowest BCUT2D eigenvalue weighted by Gasteiger charge is -2.33. The largest absolute Gasteiger partial charge is 0.396 e. The number of aliphatic imine (C=N–C) groups is 1. The van der Waals surface area contributed by atoms with Gasteiger partial charge in [0.2, 0.25) is 0 Å². The summed E-state index contributed by atoms with van der Waals surface area (Å²) in [5.74, 6) is 2.60. The molecule has 0 radical (unpaired) electrons. The molecule has 1 saturated heterocycles. The van der Waals surface area contributed by atoms with Gasteiger partial charge in [-0.1, -0.05) is 20.8 Å². The van der Waals surface area contributed by atoms with Crippen LogP contribution in [-0.4, -0.2) is 86.9 Å². The normalized spacial score (nSPS) is 18.9. The quantitative estimate of drug-likeness (QED) is 0.232. The van der Waals surface area contributed by atoms with Gasteiger partial charge in [0.1, 0.15) is 0 Å². The Kier molecular flexibility index (Phi) is 15.7. The van der Waals surface area contributed by atoms with Crippen LogP contribution < -0.4 is 10.6 Å². The number of halogens is 1. The number of likely N-dealkylation sites (N-methyl/N-ethyl adjacent to an activating group) is 1. The van der Waals surface area contributed by atoms with E-state index in [1.807, 2.05) is 0 Å². The maximum Gasteiger partial charge on any atom is 0.191 e. The van der Waals surface area contributed by atoms with Crippen LogP contribution >= 0.6 is 24.0 Å². The van der Waals surface area contributed by atoms with Crippen molar-refractivity contribution in [1.82, 2.24) is 20.4 Å². The molecule has 6 nitrogen and oxygen atoms in total. The summed E-state index contributed by atoms with van der Waals surface area (Å²) < 4.78 is 0. The SMILES string of the molecule is CCNC(=NCC(C)CN1CCN(C)CC1)NCC(CCO)CC(C)C.I. The highest BCUT2D eigenvalue weighted by Gasteiger charge is 2.16. The molecule has 0 aromatic heterocycles. The van der Waals surface area contributed by atoms with Gasteiger partial charge in [-0.2, -0.15) is 0 Å². The van der Waals surface area contributed by atoms with E-state index in [4.69, 9.17) is 4.99 Å². The van der Waals surface area contributed by atoms with E-state index in [0.717, 1.165) is 45.0 Å². The second kappa shape index (κ2) is 15.8. The van der Waals surface area contributed by atoms with Gasteiger partial charge in [-0.15, -0.1) is 24.0 Å². The van der Waals surface area contributed by atoms with E-state index in [0.29, 0.717) is 17.8 Å². The predicted octanol–water partition coefficient (Wildman–Crippen LogP) is 2.09. The van der Waals surface area contributed by atoms with E-state index in [1.54, 1.807) is 0 Å². The molecular weight excluding hydrogens is 453 g/mol. The number of aliphatic hydroxyl groups is 1. The molecule has 1 aliphatic heterocycles. The molecule has 0 spiro atoms. The average Bonchev–Trinajstić information content (AvgIpc) is 2.59. The van der Waals surface area contributed by atoms with E-state index < -0.39 is 0 Å². The molecule has 0 bridgehead atoms. The Morgan fingerprint density at radius 1 is 1.11 bits per heavy atom. The molecule has 2 unspecified atom stereocenters. The summed E-state index contributed by atoms with van der Waals surface area (Å²) in [6.07, 6.45) is 1.98. The van der Waals surface area contributed by atoms with E-state index in [9.17, 15) is 5.11 Å². The molecular formula is C20H44IN5O. The first-order valence-corrected chi connectivity index (χ1v) is 10.5. The summed E-state index contributed by atoms with van der Waals surface area (Å²) in [5, 5.41) is 16.1. The van der Waals surface area contributed by atoms with Crippen LogP contribution in [0.3, 0.4) is 0 Å². The summed E-state index contributed by atoms with van der Waals surface area (Å²) in [5.41, 5.74) is 0. The Bertz CT molecular complexity index is 387. The molecule has 1 heterocycles. The minimum absolute atomic E-state index is 0. The first-order chi connectivity index (χ1) is 12.4. The molecule has 0 amide bonds. The van der Waals surface area contributed by atoms with Gasteiger partial charge in [0, 0.05) is 59.0 Å². The summed E-state index contributed by atoms with van der Waals surface area (Å²) in [6, 6.07) is 0. The lowest BCUT2D eigenvalue weighted by atomic mass is 9.94. The number of aliphatic hydroxyl groups excluding tert-OH is 1. The Morgan fingerprint density at radius 2 is 1.78 bits per heavy atom. The minimum atomic E-state index is 0. The van der Waals surface area contributed by atoms with E-state index in [-0.39, 0.29) is 30.6 Å². The van der Waals surface area contributed by atoms with Gasteiger partial charge < -0.3 is 25.5 Å². The van der Waals surface area contributed by atoms with E-state index >= 15 is 0 Å². The monoisotopic (exact) mass is 497 g/mol. The Hall–Kier alpha value is -0.120. The number of rotatable bonds is 11. The van der Waals surface area contributed by atoms with Crippen molar-refractivity contribution in [1.29, 1.82) is 0 Å². The summed E-state index contributed by atoms with van der Waals surface area (Å²) in [6.45, 7) is 17.5. The van der Waals surface area contributed by atoms with E-state index in [1.165, 1.54) is 26.2 Å². The molecule has 1 aliphatic rings. The van der Waals surface area contributed by atoms with Crippen LogP contribution in [0.5, 0.6) is 0 Å². The van der Waals surface area contributed by atoms with Gasteiger partial charge in [-0.3, -0.25) is 4.99 Å². The van der Waals surface area contributed by atoms with Gasteiger partial charge in [-0.05, 0) is 44.6 Å². The first-order valence-electron chi connectivity index (χ1n) is 10.5. The third kappa shape index (κ3) is 12.9. The summed E-state index contributed by atoms with van der Waals surface area (Å²) >= 11 is 0. The fourth-order valence-electron chi connectivity index (χ4n) is 3.51.